The lowest BCUT2D eigenvalue weighted by Crippen LogP contribution is -2.32. The molecule has 1 amide bonds. The van der Waals surface area contributed by atoms with E-state index in [4.69, 9.17) is 0 Å². The van der Waals surface area contributed by atoms with E-state index in [-0.39, 0.29) is 18.1 Å². The van der Waals surface area contributed by atoms with Gasteiger partial charge in [-0.2, -0.15) is 18.3 Å². The number of amides is 1. The SMILES string of the molecule is CCN(C(=O)CCS(=O)CCC(F)(F)F)c1cn(-c2cccnc2)nc1C. The van der Waals surface area contributed by atoms with Gasteiger partial charge in [0.25, 0.3) is 0 Å². The van der Waals surface area contributed by atoms with Gasteiger partial charge < -0.3 is 4.90 Å². The van der Waals surface area contributed by atoms with E-state index >= 15 is 0 Å². The van der Waals surface area contributed by atoms with Crippen LogP contribution in [0.3, 0.4) is 0 Å². The maximum atomic E-state index is 12.5. The second-order valence-electron chi connectivity index (χ2n) is 5.86. The number of hydrogen-bond donors (Lipinski definition) is 0. The van der Waals surface area contributed by atoms with Crippen molar-refractivity contribution in [2.75, 3.05) is 23.0 Å². The van der Waals surface area contributed by atoms with Gasteiger partial charge in [0, 0.05) is 41.5 Å². The fraction of sp³-hybridized carbons (Fsp3) is 0.471. The van der Waals surface area contributed by atoms with E-state index in [1.165, 1.54) is 4.90 Å². The molecule has 0 saturated heterocycles. The van der Waals surface area contributed by atoms with Crippen molar-refractivity contribution in [3.05, 3.63) is 36.4 Å². The smallest absolute Gasteiger partial charge is 0.310 e. The molecule has 148 valence electrons. The van der Waals surface area contributed by atoms with Crippen molar-refractivity contribution < 1.29 is 22.2 Å². The summed E-state index contributed by atoms with van der Waals surface area (Å²) in [6, 6.07) is 3.59. The number of nitrogens with zero attached hydrogens (tertiary/aromatic N) is 4. The number of anilines is 1. The van der Waals surface area contributed by atoms with Gasteiger partial charge in [-0.1, -0.05) is 0 Å². The van der Waals surface area contributed by atoms with Gasteiger partial charge in [-0.05, 0) is 26.0 Å². The lowest BCUT2D eigenvalue weighted by molar-refractivity contribution is -0.129. The maximum absolute atomic E-state index is 12.5. The highest BCUT2D eigenvalue weighted by Gasteiger charge is 2.28. The number of aromatic nitrogens is 3. The molecule has 2 aromatic heterocycles. The molecule has 0 saturated carbocycles. The lowest BCUT2D eigenvalue weighted by Gasteiger charge is -2.20. The molecule has 0 aromatic carbocycles. The van der Waals surface area contributed by atoms with Crippen LogP contribution in [0.1, 0.15) is 25.5 Å². The molecule has 6 nitrogen and oxygen atoms in total. The summed E-state index contributed by atoms with van der Waals surface area (Å²) in [5.74, 6) is -0.881. The minimum atomic E-state index is -4.34. The Hall–Kier alpha value is -2.23. The van der Waals surface area contributed by atoms with Crippen molar-refractivity contribution in [2.24, 2.45) is 0 Å². The van der Waals surface area contributed by atoms with Gasteiger partial charge in [0.15, 0.2) is 0 Å². The van der Waals surface area contributed by atoms with Gasteiger partial charge in [-0.15, -0.1) is 0 Å². The molecule has 0 radical (unpaired) electrons. The molecule has 10 heteroatoms. The third kappa shape index (κ3) is 6.16. The maximum Gasteiger partial charge on any atom is 0.390 e. The first-order chi connectivity index (χ1) is 12.7. The van der Waals surface area contributed by atoms with Crippen molar-refractivity contribution in [2.45, 2.75) is 32.9 Å². The third-order valence-electron chi connectivity index (χ3n) is 3.85. The third-order valence-corrected chi connectivity index (χ3v) is 5.17. The normalized spacial score (nSPS) is 12.8. The van der Waals surface area contributed by atoms with Crippen LogP contribution in [0, 0.1) is 6.92 Å². The average molecular weight is 402 g/mol. The van der Waals surface area contributed by atoms with Gasteiger partial charge in [0.2, 0.25) is 5.91 Å². The minimum Gasteiger partial charge on any atom is -0.310 e. The summed E-state index contributed by atoms with van der Waals surface area (Å²) < 4.78 is 49.9. The number of carbonyl (C=O) groups excluding carboxylic acids is 1. The Balaban J connectivity index is 2.03. The van der Waals surface area contributed by atoms with Gasteiger partial charge >= 0.3 is 6.18 Å². The van der Waals surface area contributed by atoms with E-state index in [2.05, 4.69) is 10.1 Å². The lowest BCUT2D eigenvalue weighted by atomic mass is 10.3. The number of hydrogen-bond acceptors (Lipinski definition) is 4. The summed E-state index contributed by atoms with van der Waals surface area (Å²) in [4.78, 5) is 18.0. The Labute approximate surface area is 157 Å². The molecule has 0 fully saturated rings. The standard InChI is InChI=1S/C17H21F3N4O2S/c1-3-23(16(25)6-9-27(26)10-7-17(18,19)20)15-12-24(22-13(15)2)14-5-4-8-21-11-14/h4-5,8,11-12H,3,6-7,9-10H2,1-2H3. The number of alkyl halides is 3. The molecular formula is C17H21F3N4O2S. The summed E-state index contributed by atoms with van der Waals surface area (Å²) in [5.41, 5.74) is 1.98. The van der Waals surface area contributed by atoms with E-state index in [1.54, 1.807) is 43.2 Å². The van der Waals surface area contributed by atoms with Crippen LogP contribution in [-0.2, 0) is 15.6 Å². The molecule has 0 spiro atoms. The Morgan fingerprint density at radius 1 is 1.33 bits per heavy atom. The van der Waals surface area contributed by atoms with Crippen molar-refractivity contribution in [1.82, 2.24) is 14.8 Å². The van der Waals surface area contributed by atoms with Crippen LogP contribution >= 0.6 is 0 Å². The molecule has 2 heterocycles. The number of aryl methyl sites for hydroxylation is 1. The zero-order valence-corrected chi connectivity index (χ0v) is 15.9. The van der Waals surface area contributed by atoms with E-state index < -0.39 is 29.1 Å². The molecule has 0 aliphatic rings. The summed E-state index contributed by atoms with van der Waals surface area (Å²) in [6.45, 7) is 3.92. The van der Waals surface area contributed by atoms with Crippen molar-refractivity contribution in [3.8, 4) is 5.69 Å². The monoisotopic (exact) mass is 402 g/mol. The Bertz CT molecular complexity index is 793. The number of halogens is 3. The first-order valence-electron chi connectivity index (χ1n) is 8.40. The molecule has 0 N–H and O–H groups in total. The Morgan fingerprint density at radius 3 is 2.67 bits per heavy atom. The minimum absolute atomic E-state index is 0.0875. The van der Waals surface area contributed by atoms with Gasteiger partial charge in [0.05, 0.1) is 35.9 Å². The first kappa shape index (κ1) is 21.1. The second kappa shape index (κ2) is 9.12. The first-order valence-corrected chi connectivity index (χ1v) is 9.89. The van der Waals surface area contributed by atoms with Crippen LogP contribution in [0.4, 0.5) is 18.9 Å². The highest BCUT2D eigenvalue weighted by molar-refractivity contribution is 7.84. The van der Waals surface area contributed by atoms with Crippen LogP contribution in [0.2, 0.25) is 0 Å². The fourth-order valence-corrected chi connectivity index (χ4v) is 3.55. The largest absolute Gasteiger partial charge is 0.390 e. The number of pyridine rings is 1. The van der Waals surface area contributed by atoms with Gasteiger partial charge in [-0.25, -0.2) is 4.68 Å². The number of rotatable bonds is 8. The quantitative estimate of drug-likeness (QED) is 0.681. The molecule has 1 atom stereocenters. The molecule has 0 aliphatic heterocycles. The van der Waals surface area contributed by atoms with Crippen molar-refractivity contribution in [3.63, 3.8) is 0 Å². The summed E-state index contributed by atoms with van der Waals surface area (Å²) >= 11 is 0. The topological polar surface area (TPSA) is 68.1 Å². The highest BCUT2D eigenvalue weighted by Crippen LogP contribution is 2.22. The van der Waals surface area contributed by atoms with Crippen molar-refractivity contribution in [1.29, 1.82) is 0 Å². The molecular weight excluding hydrogens is 381 g/mol. The average Bonchev–Trinajstić information content (AvgIpc) is 3.00. The Kier molecular flexibility index (Phi) is 7.11. The van der Waals surface area contributed by atoms with Crippen LogP contribution < -0.4 is 4.90 Å². The van der Waals surface area contributed by atoms with Crippen LogP contribution in [0.5, 0.6) is 0 Å². The zero-order chi connectivity index (χ0) is 20.0. The number of carbonyl (C=O) groups is 1. The van der Waals surface area contributed by atoms with E-state index in [9.17, 15) is 22.2 Å². The zero-order valence-electron chi connectivity index (χ0n) is 15.1. The fourth-order valence-electron chi connectivity index (χ4n) is 2.49. The van der Waals surface area contributed by atoms with Gasteiger partial charge in [0.1, 0.15) is 0 Å². The predicted molar refractivity (Wildman–Crippen MR) is 97.3 cm³/mol. The molecule has 27 heavy (non-hydrogen) atoms. The van der Waals surface area contributed by atoms with E-state index in [1.807, 2.05) is 6.07 Å². The molecule has 2 aromatic rings. The molecule has 2 rings (SSSR count). The second-order valence-corrected chi connectivity index (χ2v) is 7.55. The van der Waals surface area contributed by atoms with Crippen LogP contribution in [0.15, 0.2) is 30.7 Å². The molecule has 1 unspecified atom stereocenters. The molecule has 0 aliphatic carbocycles. The van der Waals surface area contributed by atoms with Gasteiger partial charge in [-0.3, -0.25) is 14.0 Å². The van der Waals surface area contributed by atoms with E-state index in [0.717, 1.165) is 5.69 Å². The van der Waals surface area contributed by atoms with Crippen molar-refractivity contribution >= 4 is 22.4 Å². The predicted octanol–water partition coefficient (Wildman–Crippen LogP) is 3.02. The van der Waals surface area contributed by atoms with Crippen LogP contribution in [-0.4, -0.2) is 49.1 Å². The Morgan fingerprint density at radius 2 is 2.07 bits per heavy atom. The van der Waals surface area contributed by atoms with Crippen LogP contribution in [0.25, 0.3) is 5.69 Å². The summed E-state index contributed by atoms with van der Waals surface area (Å²) in [6.07, 6.45) is -0.556. The highest BCUT2D eigenvalue weighted by atomic mass is 32.2. The molecule has 0 bridgehead atoms. The summed E-state index contributed by atoms with van der Waals surface area (Å²) in [5, 5.41) is 4.38. The van der Waals surface area contributed by atoms with E-state index in [0.29, 0.717) is 17.9 Å². The summed E-state index contributed by atoms with van der Waals surface area (Å²) in [7, 11) is -1.69.